The van der Waals surface area contributed by atoms with E-state index in [4.69, 9.17) is 11.6 Å². The van der Waals surface area contributed by atoms with E-state index in [1.807, 2.05) is 0 Å². The lowest BCUT2D eigenvalue weighted by molar-refractivity contribution is -0.137. The Bertz CT molecular complexity index is 962. The second kappa shape index (κ2) is 7.97. The second-order valence-corrected chi connectivity index (χ2v) is 7.33. The van der Waals surface area contributed by atoms with Crippen molar-refractivity contribution in [3.8, 4) is 0 Å². The van der Waals surface area contributed by atoms with Crippen LogP contribution in [-0.4, -0.2) is 24.1 Å². The number of alkyl halides is 3. The fourth-order valence-corrected chi connectivity index (χ4v) is 2.94. The van der Waals surface area contributed by atoms with Crippen molar-refractivity contribution in [3.05, 3.63) is 69.8 Å². The van der Waals surface area contributed by atoms with Crippen LogP contribution in [0.3, 0.4) is 0 Å². The molecule has 28 heavy (non-hydrogen) atoms. The summed E-state index contributed by atoms with van der Waals surface area (Å²) in [6, 6.07) is 13.8. The number of hydrogen-bond donors (Lipinski definition) is 0. The summed E-state index contributed by atoms with van der Waals surface area (Å²) in [6.07, 6.45) is -3.78. The normalized spacial score (nSPS) is 11.4. The summed E-state index contributed by atoms with van der Waals surface area (Å²) in [5, 5.41) is 0.557. The predicted octanol–water partition coefficient (Wildman–Crippen LogP) is 6.45. The van der Waals surface area contributed by atoms with Crippen LogP contribution in [0.1, 0.15) is 5.56 Å². The number of hydrogen-bond acceptors (Lipinski definition) is 4. The molecule has 0 unspecified atom stereocenters. The number of nitrogens with zero attached hydrogens (tertiary/aromatic N) is 4. The van der Waals surface area contributed by atoms with Crippen LogP contribution in [0, 0.1) is 0 Å². The highest BCUT2D eigenvalue weighted by Gasteiger charge is 2.37. The van der Waals surface area contributed by atoms with Crippen LogP contribution >= 0.6 is 27.5 Å². The molecule has 0 aliphatic rings. The van der Waals surface area contributed by atoms with E-state index < -0.39 is 11.7 Å². The topological polar surface area (TPSA) is 32.3 Å². The first kappa shape index (κ1) is 20.4. The molecular weight excluding hydrogens is 457 g/mol. The molecular formula is C19H15BrClF3N4. The first-order chi connectivity index (χ1) is 13.2. The maximum Gasteiger partial charge on any atom is 0.421 e. The number of halogens is 5. The molecule has 0 aliphatic heterocycles. The third-order valence-electron chi connectivity index (χ3n) is 4.11. The quantitative estimate of drug-likeness (QED) is 0.438. The van der Waals surface area contributed by atoms with E-state index in [-0.39, 0.29) is 11.8 Å². The molecule has 146 valence electrons. The van der Waals surface area contributed by atoms with Gasteiger partial charge in [0.1, 0.15) is 5.56 Å². The molecule has 0 spiro atoms. The van der Waals surface area contributed by atoms with Gasteiger partial charge in [-0.05, 0) is 48.5 Å². The van der Waals surface area contributed by atoms with Crippen LogP contribution in [0.2, 0.25) is 5.02 Å². The van der Waals surface area contributed by atoms with E-state index >= 15 is 0 Å². The van der Waals surface area contributed by atoms with E-state index in [0.29, 0.717) is 16.4 Å². The van der Waals surface area contributed by atoms with Crippen molar-refractivity contribution in [2.24, 2.45) is 0 Å². The molecule has 0 aliphatic carbocycles. The van der Waals surface area contributed by atoms with Gasteiger partial charge in [0, 0.05) is 41.2 Å². The van der Waals surface area contributed by atoms with Crippen LogP contribution in [0.4, 0.5) is 36.3 Å². The lowest BCUT2D eigenvalue weighted by atomic mass is 10.2. The molecule has 0 saturated heterocycles. The van der Waals surface area contributed by atoms with E-state index in [9.17, 15) is 13.2 Å². The van der Waals surface area contributed by atoms with Gasteiger partial charge in [-0.3, -0.25) is 0 Å². The van der Waals surface area contributed by atoms with Gasteiger partial charge in [0.25, 0.3) is 0 Å². The predicted molar refractivity (Wildman–Crippen MR) is 109 cm³/mol. The summed E-state index contributed by atoms with van der Waals surface area (Å²) >= 11 is 9.21. The molecule has 0 fully saturated rings. The van der Waals surface area contributed by atoms with Crippen molar-refractivity contribution in [2.75, 3.05) is 23.9 Å². The van der Waals surface area contributed by atoms with E-state index in [1.165, 1.54) is 11.9 Å². The van der Waals surface area contributed by atoms with Gasteiger partial charge >= 0.3 is 6.18 Å². The number of aromatic nitrogens is 2. The smallest absolute Gasteiger partial charge is 0.329 e. The van der Waals surface area contributed by atoms with E-state index in [2.05, 4.69) is 25.9 Å². The molecule has 0 amide bonds. The Hall–Kier alpha value is -2.32. The Labute approximate surface area is 173 Å². The molecule has 0 saturated carbocycles. The first-order valence-corrected chi connectivity index (χ1v) is 9.27. The average Bonchev–Trinajstić information content (AvgIpc) is 2.67. The maximum atomic E-state index is 13.5. The van der Waals surface area contributed by atoms with Crippen molar-refractivity contribution in [1.82, 2.24) is 9.97 Å². The molecule has 3 aromatic rings. The standard InChI is InChI=1S/C19H15BrClF3N4/c1-27(14-7-3-12(20)4-8-14)17-16(19(22,23)24)11-25-18(26-17)28(2)15-9-5-13(21)6-10-15/h3-11H,1-2H3. The van der Waals surface area contributed by atoms with Gasteiger partial charge < -0.3 is 9.80 Å². The Kier molecular flexibility index (Phi) is 5.81. The number of benzene rings is 2. The number of rotatable bonds is 4. The molecule has 4 nitrogen and oxygen atoms in total. The minimum atomic E-state index is -4.59. The van der Waals surface area contributed by atoms with Gasteiger partial charge in [-0.1, -0.05) is 27.5 Å². The molecule has 0 N–H and O–H groups in total. The molecule has 0 atom stereocenters. The van der Waals surface area contributed by atoms with E-state index in [1.54, 1.807) is 60.5 Å². The van der Waals surface area contributed by atoms with Gasteiger partial charge in [0.2, 0.25) is 5.95 Å². The minimum Gasteiger partial charge on any atom is -0.329 e. The summed E-state index contributed by atoms with van der Waals surface area (Å²) in [4.78, 5) is 11.1. The van der Waals surface area contributed by atoms with Gasteiger partial charge in [-0.2, -0.15) is 18.2 Å². The summed E-state index contributed by atoms with van der Waals surface area (Å²) in [7, 11) is 3.21. The van der Waals surface area contributed by atoms with Gasteiger partial charge in [-0.15, -0.1) is 0 Å². The Morgan fingerprint density at radius 2 is 1.43 bits per heavy atom. The van der Waals surface area contributed by atoms with Crippen LogP contribution in [0.25, 0.3) is 0 Å². The van der Waals surface area contributed by atoms with Crippen molar-refractivity contribution >= 4 is 50.7 Å². The lowest BCUT2D eigenvalue weighted by Gasteiger charge is -2.25. The summed E-state index contributed by atoms with van der Waals surface area (Å²) < 4.78 is 41.5. The zero-order valence-electron chi connectivity index (χ0n) is 14.9. The summed E-state index contributed by atoms with van der Waals surface area (Å²) in [5.74, 6) is -0.102. The largest absolute Gasteiger partial charge is 0.421 e. The van der Waals surface area contributed by atoms with Crippen molar-refractivity contribution in [1.29, 1.82) is 0 Å². The monoisotopic (exact) mass is 470 g/mol. The SMILES string of the molecule is CN(c1ccc(Cl)cc1)c1ncc(C(F)(F)F)c(N(C)c2ccc(Br)cc2)n1. The van der Waals surface area contributed by atoms with Crippen molar-refractivity contribution in [2.45, 2.75) is 6.18 Å². The Balaban J connectivity index is 2.06. The summed E-state index contributed by atoms with van der Waals surface area (Å²) in [5.41, 5.74) is 0.347. The Morgan fingerprint density at radius 3 is 2.00 bits per heavy atom. The van der Waals surface area contributed by atoms with Gasteiger partial charge in [0.05, 0.1) is 0 Å². The first-order valence-electron chi connectivity index (χ1n) is 8.09. The molecule has 1 heterocycles. The zero-order chi connectivity index (χ0) is 20.5. The minimum absolute atomic E-state index is 0.134. The molecule has 0 radical (unpaired) electrons. The highest BCUT2D eigenvalue weighted by Crippen LogP contribution is 2.38. The third-order valence-corrected chi connectivity index (χ3v) is 4.89. The van der Waals surface area contributed by atoms with Crippen molar-refractivity contribution in [3.63, 3.8) is 0 Å². The fraction of sp³-hybridized carbons (Fsp3) is 0.158. The third kappa shape index (κ3) is 4.39. The van der Waals surface area contributed by atoms with Crippen LogP contribution < -0.4 is 9.80 Å². The highest BCUT2D eigenvalue weighted by atomic mass is 79.9. The lowest BCUT2D eigenvalue weighted by Crippen LogP contribution is -2.21. The Morgan fingerprint density at radius 1 is 0.893 bits per heavy atom. The molecule has 0 bridgehead atoms. The van der Waals surface area contributed by atoms with Crippen molar-refractivity contribution < 1.29 is 13.2 Å². The zero-order valence-corrected chi connectivity index (χ0v) is 17.2. The molecule has 3 rings (SSSR count). The van der Waals surface area contributed by atoms with Crippen LogP contribution in [0.15, 0.2) is 59.2 Å². The van der Waals surface area contributed by atoms with Crippen LogP contribution in [-0.2, 0) is 6.18 Å². The fourth-order valence-electron chi connectivity index (χ4n) is 2.55. The van der Waals surface area contributed by atoms with Gasteiger partial charge in [0.15, 0.2) is 5.82 Å². The average molecular weight is 472 g/mol. The molecule has 2 aromatic carbocycles. The summed E-state index contributed by atoms with van der Waals surface area (Å²) in [6.45, 7) is 0. The van der Waals surface area contributed by atoms with E-state index in [0.717, 1.165) is 10.7 Å². The highest BCUT2D eigenvalue weighted by molar-refractivity contribution is 9.10. The number of anilines is 4. The molecule has 1 aromatic heterocycles. The molecule has 9 heteroatoms. The van der Waals surface area contributed by atoms with Gasteiger partial charge in [-0.25, -0.2) is 4.98 Å². The maximum absolute atomic E-state index is 13.5. The van der Waals surface area contributed by atoms with Crippen LogP contribution in [0.5, 0.6) is 0 Å². The second-order valence-electron chi connectivity index (χ2n) is 5.98.